The predicted octanol–water partition coefficient (Wildman–Crippen LogP) is 3.73. The molecule has 2 rings (SSSR count). The molecule has 5 heteroatoms. The Balaban J connectivity index is 2.48. The molecule has 0 fully saturated rings. The predicted molar refractivity (Wildman–Crippen MR) is 92.5 cm³/mol. The van der Waals surface area contributed by atoms with E-state index in [4.69, 9.17) is 9.47 Å². The molecule has 0 atom stereocenters. The molecule has 0 bridgehead atoms. The first kappa shape index (κ1) is 17.4. The van der Waals surface area contributed by atoms with Crippen molar-refractivity contribution >= 4 is 17.6 Å². The maximum Gasteiger partial charge on any atom is 0.336 e. The lowest BCUT2D eigenvalue weighted by Gasteiger charge is -2.11. The maximum atomic E-state index is 11.7. The van der Waals surface area contributed by atoms with Crippen LogP contribution in [-0.2, 0) is 4.79 Å². The first-order valence-electron chi connectivity index (χ1n) is 7.52. The highest BCUT2D eigenvalue weighted by molar-refractivity contribution is 6.21. The molecule has 0 aliphatic rings. The van der Waals surface area contributed by atoms with Crippen LogP contribution in [0, 0.1) is 6.92 Å². The van der Waals surface area contributed by atoms with Crippen LogP contribution in [0.1, 0.15) is 23.6 Å². The standard InChI is InChI=1S/C19H20O5/c1-4-24-14-6-7-15(12(2)9-14)16(19(21)22)10-13-5-8-17(20)18(11-13)23-3/h5-11,20H,4H2,1-3H3,(H,21,22)/b16-10-. The van der Waals surface area contributed by atoms with Crippen LogP contribution in [-0.4, -0.2) is 29.9 Å². The Kier molecular flexibility index (Phi) is 5.47. The van der Waals surface area contributed by atoms with Gasteiger partial charge in [0.25, 0.3) is 0 Å². The number of carboxylic acid groups (broad SMARTS) is 1. The topological polar surface area (TPSA) is 76.0 Å². The van der Waals surface area contributed by atoms with Gasteiger partial charge in [-0.2, -0.15) is 0 Å². The number of phenols is 1. The van der Waals surface area contributed by atoms with Crippen LogP contribution in [0.3, 0.4) is 0 Å². The number of carbonyl (C=O) groups is 1. The zero-order chi connectivity index (χ0) is 17.7. The summed E-state index contributed by atoms with van der Waals surface area (Å²) in [6.45, 7) is 4.28. The minimum absolute atomic E-state index is 0.00349. The lowest BCUT2D eigenvalue weighted by molar-refractivity contribution is -0.130. The lowest BCUT2D eigenvalue weighted by atomic mass is 9.98. The Hall–Kier alpha value is -2.95. The van der Waals surface area contributed by atoms with Crippen molar-refractivity contribution in [1.29, 1.82) is 0 Å². The average Bonchev–Trinajstić information content (AvgIpc) is 2.55. The zero-order valence-electron chi connectivity index (χ0n) is 13.9. The third-order valence-electron chi connectivity index (χ3n) is 3.54. The largest absolute Gasteiger partial charge is 0.504 e. The fraction of sp³-hybridized carbons (Fsp3) is 0.211. The SMILES string of the molecule is CCOc1ccc(/C(=C/c2ccc(O)c(OC)c2)C(=O)O)c(C)c1. The molecule has 0 aliphatic carbocycles. The Morgan fingerprint density at radius 3 is 2.54 bits per heavy atom. The number of methoxy groups -OCH3 is 1. The number of aliphatic carboxylic acids is 1. The van der Waals surface area contributed by atoms with E-state index in [0.29, 0.717) is 23.5 Å². The molecule has 2 N–H and O–H groups in total. The van der Waals surface area contributed by atoms with Gasteiger partial charge in [0.2, 0.25) is 0 Å². The van der Waals surface area contributed by atoms with Crippen LogP contribution in [0.2, 0.25) is 0 Å². The summed E-state index contributed by atoms with van der Waals surface area (Å²) in [4.78, 5) is 11.7. The highest BCUT2D eigenvalue weighted by atomic mass is 16.5. The average molecular weight is 328 g/mol. The van der Waals surface area contributed by atoms with E-state index in [1.54, 1.807) is 30.3 Å². The van der Waals surface area contributed by atoms with Crippen LogP contribution in [0.5, 0.6) is 17.2 Å². The molecule has 2 aromatic carbocycles. The fourth-order valence-corrected chi connectivity index (χ4v) is 2.40. The Morgan fingerprint density at radius 2 is 1.96 bits per heavy atom. The lowest BCUT2D eigenvalue weighted by Crippen LogP contribution is -2.02. The van der Waals surface area contributed by atoms with Gasteiger partial charge in [-0.25, -0.2) is 4.79 Å². The summed E-state index contributed by atoms with van der Waals surface area (Å²) in [5, 5.41) is 19.2. The van der Waals surface area contributed by atoms with E-state index in [2.05, 4.69) is 0 Å². The Morgan fingerprint density at radius 1 is 1.21 bits per heavy atom. The molecule has 2 aromatic rings. The summed E-state index contributed by atoms with van der Waals surface area (Å²) in [5.74, 6) is -0.0372. The normalized spacial score (nSPS) is 11.2. The maximum absolute atomic E-state index is 11.7. The second-order valence-electron chi connectivity index (χ2n) is 5.20. The van der Waals surface area contributed by atoms with Crippen molar-refractivity contribution in [2.45, 2.75) is 13.8 Å². The number of carboxylic acids is 1. The third kappa shape index (κ3) is 3.87. The molecular weight excluding hydrogens is 308 g/mol. The van der Waals surface area contributed by atoms with Crippen LogP contribution in [0.15, 0.2) is 36.4 Å². The van der Waals surface area contributed by atoms with Crippen molar-refractivity contribution in [3.8, 4) is 17.2 Å². The van der Waals surface area contributed by atoms with Gasteiger partial charge in [0.1, 0.15) is 5.75 Å². The molecule has 0 saturated carbocycles. The van der Waals surface area contributed by atoms with E-state index >= 15 is 0 Å². The van der Waals surface area contributed by atoms with E-state index in [-0.39, 0.29) is 17.1 Å². The minimum atomic E-state index is -1.03. The van der Waals surface area contributed by atoms with Crippen molar-refractivity contribution in [2.24, 2.45) is 0 Å². The molecule has 5 nitrogen and oxygen atoms in total. The van der Waals surface area contributed by atoms with Gasteiger partial charge in [-0.1, -0.05) is 12.1 Å². The minimum Gasteiger partial charge on any atom is -0.504 e. The summed E-state index contributed by atoms with van der Waals surface area (Å²) in [6.07, 6.45) is 1.55. The fourth-order valence-electron chi connectivity index (χ4n) is 2.40. The molecule has 0 heterocycles. The highest BCUT2D eigenvalue weighted by Crippen LogP contribution is 2.30. The van der Waals surface area contributed by atoms with Crippen LogP contribution in [0.25, 0.3) is 11.6 Å². The number of hydrogen-bond acceptors (Lipinski definition) is 4. The van der Waals surface area contributed by atoms with E-state index in [1.807, 2.05) is 19.9 Å². The van der Waals surface area contributed by atoms with Crippen molar-refractivity contribution in [2.75, 3.05) is 13.7 Å². The smallest absolute Gasteiger partial charge is 0.336 e. The van der Waals surface area contributed by atoms with Gasteiger partial charge in [-0.15, -0.1) is 0 Å². The van der Waals surface area contributed by atoms with E-state index in [1.165, 1.54) is 13.2 Å². The summed E-state index contributed by atoms with van der Waals surface area (Å²) < 4.78 is 10.5. The van der Waals surface area contributed by atoms with E-state index < -0.39 is 5.97 Å². The van der Waals surface area contributed by atoms with Gasteiger partial charge >= 0.3 is 5.97 Å². The van der Waals surface area contributed by atoms with Gasteiger partial charge < -0.3 is 19.7 Å². The Bertz CT molecular complexity index is 777. The van der Waals surface area contributed by atoms with E-state index in [9.17, 15) is 15.0 Å². The number of rotatable bonds is 6. The van der Waals surface area contributed by atoms with Crippen LogP contribution < -0.4 is 9.47 Å². The van der Waals surface area contributed by atoms with Gasteiger partial charge in [-0.3, -0.25) is 0 Å². The summed E-state index contributed by atoms with van der Waals surface area (Å²) in [6, 6.07) is 9.98. The number of hydrogen-bond donors (Lipinski definition) is 2. The number of benzene rings is 2. The van der Waals surface area contributed by atoms with Crippen molar-refractivity contribution in [3.05, 3.63) is 53.1 Å². The summed E-state index contributed by atoms with van der Waals surface area (Å²) in [7, 11) is 1.44. The number of phenolic OH excluding ortho intramolecular Hbond substituents is 1. The molecule has 0 unspecified atom stereocenters. The van der Waals surface area contributed by atoms with Gasteiger partial charge in [0.15, 0.2) is 11.5 Å². The zero-order valence-corrected chi connectivity index (χ0v) is 13.9. The molecule has 0 saturated heterocycles. The number of aryl methyl sites for hydroxylation is 1. The highest BCUT2D eigenvalue weighted by Gasteiger charge is 2.14. The molecule has 0 radical (unpaired) electrons. The molecule has 24 heavy (non-hydrogen) atoms. The van der Waals surface area contributed by atoms with Gasteiger partial charge in [0.05, 0.1) is 19.3 Å². The third-order valence-corrected chi connectivity index (χ3v) is 3.54. The molecule has 0 spiro atoms. The molecule has 126 valence electrons. The first-order chi connectivity index (χ1) is 11.5. The number of ether oxygens (including phenoxy) is 2. The molecule has 0 aliphatic heterocycles. The van der Waals surface area contributed by atoms with Crippen molar-refractivity contribution in [1.82, 2.24) is 0 Å². The van der Waals surface area contributed by atoms with E-state index in [0.717, 1.165) is 5.56 Å². The monoisotopic (exact) mass is 328 g/mol. The van der Waals surface area contributed by atoms with Gasteiger partial charge in [-0.05, 0) is 60.9 Å². The summed E-state index contributed by atoms with van der Waals surface area (Å²) in [5.41, 5.74) is 2.19. The second-order valence-corrected chi connectivity index (χ2v) is 5.20. The summed E-state index contributed by atoms with van der Waals surface area (Å²) >= 11 is 0. The first-order valence-corrected chi connectivity index (χ1v) is 7.52. The second kappa shape index (κ2) is 7.55. The van der Waals surface area contributed by atoms with Crippen molar-refractivity contribution < 1.29 is 24.5 Å². The Labute approximate surface area is 140 Å². The van der Waals surface area contributed by atoms with Crippen molar-refractivity contribution in [3.63, 3.8) is 0 Å². The molecule has 0 amide bonds. The van der Waals surface area contributed by atoms with Crippen LogP contribution in [0.4, 0.5) is 0 Å². The molecular formula is C19H20O5. The quantitative estimate of drug-likeness (QED) is 0.624. The van der Waals surface area contributed by atoms with Crippen LogP contribution >= 0.6 is 0 Å². The number of aromatic hydroxyl groups is 1. The van der Waals surface area contributed by atoms with Gasteiger partial charge in [0, 0.05) is 0 Å². The molecule has 0 aromatic heterocycles.